The first kappa shape index (κ1) is 16.3. The average molecular weight is 342 g/mol. The lowest BCUT2D eigenvalue weighted by molar-refractivity contribution is -0.185. The molecule has 5 heteroatoms. The summed E-state index contributed by atoms with van der Waals surface area (Å²) in [5, 5.41) is 10.7. The van der Waals surface area contributed by atoms with Crippen LogP contribution in [0.25, 0.3) is 0 Å². The van der Waals surface area contributed by atoms with Crippen molar-refractivity contribution in [2.45, 2.75) is 40.0 Å². The summed E-state index contributed by atoms with van der Waals surface area (Å²) >= 11 is 0. The first-order valence-electron chi connectivity index (χ1n) is 8.87. The van der Waals surface area contributed by atoms with E-state index in [0.717, 1.165) is 6.42 Å². The maximum Gasteiger partial charge on any atom is 0.312 e. The SMILES string of the molecule is CC(C)C1=C(O)C2=C(C(=O)C1=O)[C@]13CCC[C@](C)(C(=O)OC1)[C@@H]3C=C2. The molecule has 1 heterocycles. The standard InChI is InChI=1S/C20H22O5/c1-10(2)13-15(21)11-5-6-12-19(3)7-4-8-20(12,9-25-18(19)24)14(11)17(23)16(13)22/h5-6,10,12,21H,4,7-9H2,1-3H3/t12-,19-,20+/m0/s1. The molecule has 4 aliphatic rings. The number of cyclic esters (lactones) is 1. The van der Waals surface area contributed by atoms with E-state index in [9.17, 15) is 19.5 Å². The summed E-state index contributed by atoms with van der Waals surface area (Å²) in [6, 6.07) is 0. The van der Waals surface area contributed by atoms with E-state index in [2.05, 4.69) is 0 Å². The van der Waals surface area contributed by atoms with Gasteiger partial charge in [0, 0.05) is 28.1 Å². The molecule has 4 rings (SSSR count). The molecule has 0 amide bonds. The summed E-state index contributed by atoms with van der Waals surface area (Å²) in [6.07, 6.45) is 5.83. The van der Waals surface area contributed by atoms with Gasteiger partial charge in [-0.25, -0.2) is 0 Å². The van der Waals surface area contributed by atoms with E-state index >= 15 is 0 Å². The van der Waals surface area contributed by atoms with Gasteiger partial charge in [0.15, 0.2) is 0 Å². The third-order valence-electron chi connectivity index (χ3n) is 6.52. The molecule has 0 unspecified atom stereocenters. The van der Waals surface area contributed by atoms with Gasteiger partial charge in [-0.05, 0) is 25.7 Å². The number of allylic oxidation sites excluding steroid dienone is 3. The second-order valence-corrected chi connectivity index (χ2v) is 8.20. The monoisotopic (exact) mass is 342 g/mol. The molecule has 3 atom stereocenters. The zero-order valence-corrected chi connectivity index (χ0v) is 14.7. The van der Waals surface area contributed by atoms with Crippen LogP contribution < -0.4 is 0 Å². The Bertz CT molecular complexity index is 812. The van der Waals surface area contributed by atoms with E-state index in [1.54, 1.807) is 19.9 Å². The van der Waals surface area contributed by atoms with Crippen LogP contribution in [0.1, 0.15) is 40.0 Å². The number of hydrogen-bond acceptors (Lipinski definition) is 5. The van der Waals surface area contributed by atoms with Crippen LogP contribution in [0, 0.1) is 22.7 Å². The molecule has 1 saturated heterocycles. The van der Waals surface area contributed by atoms with Crippen molar-refractivity contribution >= 4 is 17.5 Å². The van der Waals surface area contributed by atoms with Crippen molar-refractivity contribution in [3.05, 3.63) is 34.6 Å². The Morgan fingerprint density at radius 1 is 1.20 bits per heavy atom. The molecular weight excluding hydrogens is 320 g/mol. The van der Waals surface area contributed by atoms with Crippen molar-refractivity contribution in [1.82, 2.24) is 0 Å². The Morgan fingerprint density at radius 2 is 1.92 bits per heavy atom. The highest BCUT2D eigenvalue weighted by atomic mass is 16.5. The van der Waals surface area contributed by atoms with Crippen LogP contribution in [0.3, 0.4) is 0 Å². The van der Waals surface area contributed by atoms with E-state index in [1.165, 1.54) is 0 Å². The number of aliphatic hydroxyl groups is 1. The fraction of sp³-hybridized carbons (Fsp3) is 0.550. The third-order valence-corrected chi connectivity index (χ3v) is 6.52. The molecule has 1 saturated carbocycles. The first-order valence-corrected chi connectivity index (χ1v) is 8.87. The van der Waals surface area contributed by atoms with Crippen LogP contribution in [0.15, 0.2) is 34.6 Å². The minimum atomic E-state index is -0.700. The molecular formula is C20H22O5. The van der Waals surface area contributed by atoms with Gasteiger partial charge in [-0.2, -0.15) is 0 Å². The molecule has 1 N–H and O–H groups in total. The van der Waals surface area contributed by atoms with Crippen LogP contribution in [-0.2, 0) is 19.1 Å². The number of ketones is 2. The zero-order valence-electron chi connectivity index (χ0n) is 14.7. The number of rotatable bonds is 1. The molecule has 25 heavy (non-hydrogen) atoms. The number of ether oxygens (including phenoxy) is 1. The molecule has 0 radical (unpaired) electrons. The Hall–Kier alpha value is -2.17. The van der Waals surface area contributed by atoms with Gasteiger partial charge in [0.1, 0.15) is 12.4 Å². The van der Waals surface area contributed by atoms with E-state index in [4.69, 9.17) is 4.74 Å². The predicted molar refractivity (Wildman–Crippen MR) is 89.5 cm³/mol. The van der Waals surface area contributed by atoms with Crippen LogP contribution in [0.2, 0.25) is 0 Å². The van der Waals surface area contributed by atoms with Crippen molar-refractivity contribution in [3.63, 3.8) is 0 Å². The Morgan fingerprint density at radius 3 is 2.60 bits per heavy atom. The van der Waals surface area contributed by atoms with Crippen molar-refractivity contribution in [1.29, 1.82) is 0 Å². The highest BCUT2D eigenvalue weighted by molar-refractivity contribution is 6.50. The van der Waals surface area contributed by atoms with E-state index < -0.39 is 22.4 Å². The lowest BCUT2D eigenvalue weighted by Crippen LogP contribution is -2.59. The number of Topliss-reactive ketones (excluding diaryl/α,β-unsaturated/α-hetero) is 2. The highest BCUT2D eigenvalue weighted by Crippen LogP contribution is 2.62. The summed E-state index contributed by atoms with van der Waals surface area (Å²) < 4.78 is 5.48. The third kappa shape index (κ3) is 1.81. The predicted octanol–water partition coefficient (Wildman–Crippen LogP) is 2.82. The molecule has 2 fully saturated rings. The van der Waals surface area contributed by atoms with Gasteiger partial charge in [0.05, 0.1) is 5.41 Å². The van der Waals surface area contributed by atoms with Crippen molar-refractivity contribution in [2.75, 3.05) is 6.61 Å². The van der Waals surface area contributed by atoms with Gasteiger partial charge in [0.25, 0.3) is 0 Å². The van der Waals surface area contributed by atoms with Crippen LogP contribution in [0.4, 0.5) is 0 Å². The summed E-state index contributed by atoms with van der Waals surface area (Å²) in [5.41, 5.74) is -0.424. The van der Waals surface area contributed by atoms with Gasteiger partial charge < -0.3 is 9.84 Å². The van der Waals surface area contributed by atoms with Crippen LogP contribution in [0.5, 0.6) is 0 Å². The van der Waals surface area contributed by atoms with E-state index in [0.29, 0.717) is 24.0 Å². The van der Waals surface area contributed by atoms with Gasteiger partial charge in [-0.3, -0.25) is 14.4 Å². The van der Waals surface area contributed by atoms with E-state index in [1.807, 2.05) is 13.0 Å². The number of hydrogen-bond donors (Lipinski definition) is 1. The topological polar surface area (TPSA) is 80.7 Å². The zero-order chi connectivity index (χ0) is 18.1. The fourth-order valence-electron chi connectivity index (χ4n) is 5.31. The van der Waals surface area contributed by atoms with E-state index in [-0.39, 0.29) is 35.7 Å². The van der Waals surface area contributed by atoms with Gasteiger partial charge in [-0.15, -0.1) is 0 Å². The first-order chi connectivity index (χ1) is 11.7. The van der Waals surface area contributed by atoms with Crippen molar-refractivity contribution < 1.29 is 24.2 Å². The number of aliphatic hydroxyl groups excluding tert-OH is 1. The van der Waals surface area contributed by atoms with Crippen LogP contribution >= 0.6 is 0 Å². The average Bonchev–Trinajstić information content (AvgIpc) is 2.55. The molecule has 0 aromatic heterocycles. The molecule has 2 bridgehead atoms. The minimum Gasteiger partial charge on any atom is -0.507 e. The Labute approximate surface area is 146 Å². The molecule has 3 aliphatic carbocycles. The maximum atomic E-state index is 13.0. The lowest BCUT2D eigenvalue weighted by Gasteiger charge is -2.56. The molecule has 0 aromatic carbocycles. The van der Waals surface area contributed by atoms with Gasteiger partial charge in [-0.1, -0.05) is 32.4 Å². The Kier molecular flexibility index (Phi) is 3.22. The fourth-order valence-corrected chi connectivity index (χ4v) is 5.31. The summed E-state index contributed by atoms with van der Waals surface area (Å²) in [7, 11) is 0. The Balaban J connectivity index is 1.96. The smallest absolute Gasteiger partial charge is 0.312 e. The number of carbonyl (C=O) groups excluding carboxylic acids is 3. The van der Waals surface area contributed by atoms with Gasteiger partial charge in [0.2, 0.25) is 11.6 Å². The van der Waals surface area contributed by atoms with Gasteiger partial charge >= 0.3 is 5.97 Å². The largest absolute Gasteiger partial charge is 0.507 e. The van der Waals surface area contributed by atoms with Crippen molar-refractivity contribution in [2.24, 2.45) is 22.7 Å². The van der Waals surface area contributed by atoms with Crippen LogP contribution in [-0.4, -0.2) is 29.2 Å². The molecule has 1 aliphatic heterocycles. The number of carbonyl (C=O) groups is 3. The second kappa shape index (κ2) is 4.93. The summed E-state index contributed by atoms with van der Waals surface area (Å²) in [4.78, 5) is 38.1. The maximum absolute atomic E-state index is 13.0. The molecule has 132 valence electrons. The normalized spacial score (nSPS) is 37.3. The lowest BCUT2D eigenvalue weighted by atomic mass is 9.48. The highest BCUT2D eigenvalue weighted by Gasteiger charge is 2.63. The summed E-state index contributed by atoms with van der Waals surface area (Å²) in [6.45, 7) is 5.55. The molecule has 0 aromatic rings. The number of esters is 1. The second-order valence-electron chi connectivity index (χ2n) is 8.20. The molecule has 0 spiro atoms. The minimum absolute atomic E-state index is 0.0946. The van der Waals surface area contributed by atoms with Crippen molar-refractivity contribution in [3.8, 4) is 0 Å². The quantitative estimate of drug-likeness (QED) is 0.450. The summed E-state index contributed by atoms with van der Waals surface area (Å²) in [5.74, 6) is -1.93. The molecule has 5 nitrogen and oxygen atoms in total.